The lowest BCUT2D eigenvalue weighted by atomic mass is 9.99. The minimum atomic E-state index is 0.352. The van der Waals surface area contributed by atoms with Gasteiger partial charge in [0, 0.05) is 5.92 Å². The third kappa shape index (κ3) is 0.576. The van der Waals surface area contributed by atoms with Gasteiger partial charge in [0.25, 0.3) is 0 Å². The normalized spacial score (nSPS) is 46.0. The Labute approximate surface area is 54.8 Å². The van der Waals surface area contributed by atoms with Crippen molar-refractivity contribution < 1.29 is 4.79 Å². The van der Waals surface area contributed by atoms with E-state index in [4.69, 9.17) is 0 Å². The lowest BCUT2D eigenvalue weighted by molar-refractivity contribution is -0.112. The van der Waals surface area contributed by atoms with Crippen molar-refractivity contribution in [2.24, 2.45) is 17.8 Å². The summed E-state index contributed by atoms with van der Waals surface area (Å²) in [6, 6.07) is 0. The van der Waals surface area contributed by atoms with Gasteiger partial charge in [0.05, 0.1) is 0 Å². The fourth-order valence-corrected chi connectivity index (χ4v) is 2.02. The molecule has 2 bridgehead atoms. The third-order valence-electron chi connectivity index (χ3n) is 2.58. The van der Waals surface area contributed by atoms with Gasteiger partial charge in [0.15, 0.2) is 0 Å². The van der Waals surface area contributed by atoms with Gasteiger partial charge in [-0.15, -0.1) is 0 Å². The van der Waals surface area contributed by atoms with Crippen LogP contribution in [-0.2, 0) is 4.79 Å². The molecule has 2 aliphatic rings. The van der Waals surface area contributed by atoms with E-state index in [9.17, 15) is 4.79 Å². The van der Waals surface area contributed by atoms with Crippen molar-refractivity contribution in [3.63, 3.8) is 0 Å². The second-order valence-electron chi connectivity index (χ2n) is 3.00. The van der Waals surface area contributed by atoms with Gasteiger partial charge in [0.2, 0.25) is 0 Å². The summed E-state index contributed by atoms with van der Waals surface area (Å²) in [4.78, 5) is 10.4. The molecule has 0 radical (unpaired) electrons. The van der Waals surface area contributed by atoms with Crippen molar-refractivity contribution >= 4 is 6.29 Å². The Morgan fingerprint density at radius 2 is 1.78 bits per heavy atom. The zero-order valence-electron chi connectivity index (χ0n) is 5.29. The first-order valence-corrected chi connectivity index (χ1v) is 3.55. The molecule has 1 saturated carbocycles. The van der Waals surface area contributed by atoms with Gasteiger partial charge in [-0.05, 0) is 24.7 Å². The molecule has 0 amide bonds. The van der Waals surface area contributed by atoms with E-state index in [2.05, 4.69) is 12.2 Å². The Hall–Kier alpha value is -0.590. The monoisotopic (exact) mass is 122 g/mol. The molecular formula is C8H10O. The number of fused-ring (bicyclic) bond motifs is 2. The highest BCUT2D eigenvalue weighted by atomic mass is 16.1. The first kappa shape index (κ1) is 5.21. The van der Waals surface area contributed by atoms with Crippen LogP contribution >= 0.6 is 0 Å². The van der Waals surface area contributed by atoms with Crippen LogP contribution in [0.25, 0.3) is 0 Å². The lowest BCUT2D eigenvalue weighted by Gasteiger charge is -2.03. The van der Waals surface area contributed by atoms with Crippen LogP contribution < -0.4 is 0 Å². The summed E-state index contributed by atoms with van der Waals surface area (Å²) in [5.41, 5.74) is 0. The zero-order valence-corrected chi connectivity index (χ0v) is 5.29. The molecule has 48 valence electrons. The molecule has 0 aromatic carbocycles. The standard InChI is InChI=1S/C8H10O/c9-5-8-6-1-2-7(8)4-3-6/h1-2,5-8H,3-4H2/t6-,7+,8?. The van der Waals surface area contributed by atoms with Gasteiger partial charge < -0.3 is 4.79 Å². The van der Waals surface area contributed by atoms with E-state index in [0.29, 0.717) is 17.8 Å². The summed E-state index contributed by atoms with van der Waals surface area (Å²) in [7, 11) is 0. The van der Waals surface area contributed by atoms with E-state index in [1.165, 1.54) is 12.8 Å². The molecule has 2 aliphatic carbocycles. The largest absolute Gasteiger partial charge is 0.303 e. The van der Waals surface area contributed by atoms with Crippen molar-refractivity contribution in [3.05, 3.63) is 12.2 Å². The molecule has 0 aromatic heterocycles. The van der Waals surface area contributed by atoms with Crippen LogP contribution in [0.3, 0.4) is 0 Å². The van der Waals surface area contributed by atoms with Gasteiger partial charge in [0.1, 0.15) is 6.29 Å². The van der Waals surface area contributed by atoms with Crippen LogP contribution in [0, 0.1) is 17.8 Å². The summed E-state index contributed by atoms with van der Waals surface area (Å²) >= 11 is 0. The summed E-state index contributed by atoms with van der Waals surface area (Å²) in [6.07, 6.45) is 8.01. The Morgan fingerprint density at radius 3 is 2.00 bits per heavy atom. The van der Waals surface area contributed by atoms with Crippen LogP contribution in [0.2, 0.25) is 0 Å². The van der Waals surface area contributed by atoms with Crippen LogP contribution in [0.1, 0.15) is 12.8 Å². The van der Waals surface area contributed by atoms with Crippen molar-refractivity contribution in [2.75, 3.05) is 0 Å². The Balaban J connectivity index is 2.24. The minimum Gasteiger partial charge on any atom is -0.303 e. The molecule has 1 heteroatoms. The third-order valence-corrected chi connectivity index (χ3v) is 2.58. The molecule has 0 aliphatic heterocycles. The number of rotatable bonds is 1. The highest BCUT2D eigenvalue weighted by Gasteiger charge is 2.36. The Morgan fingerprint density at radius 1 is 1.22 bits per heavy atom. The smallest absolute Gasteiger partial charge is 0.124 e. The van der Waals surface area contributed by atoms with Crippen molar-refractivity contribution in [2.45, 2.75) is 12.8 Å². The van der Waals surface area contributed by atoms with E-state index in [-0.39, 0.29) is 0 Å². The van der Waals surface area contributed by atoms with Crippen LogP contribution in [-0.4, -0.2) is 6.29 Å². The van der Waals surface area contributed by atoms with E-state index < -0.39 is 0 Å². The molecular weight excluding hydrogens is 112 g/mol. The molecule has 1 unspecified atom stereocenters. The summed E-state index contributed by atoms with van der Waals surface area (Å²) in [5.74, 6) is 1.56. The molecule has 0 aromatic rings. The first-order chi connectivity index (χ1) is 4.42. The van der Waals surface area contributed by atoms with E-state index in [0.717, 1.165) is 6.29 Å². The van der Waals surface area contributed by atoms with Crippen molar-refractivity contribution in [3.8, 4) is 0 Å². The number of allylic oxidation sites excluding steroid dienone is 2. The topological polar surface area (TPSA) is 17.1 Å². The fraction of sp³-hybridized carbons (Fsp3) is 0.625. The number of hydrogen-bond acceptors (Lipinski definition) is 1. The molecule has 2 rings (SSSR count). The Kier molecular flexibility index (Phi) is 0.981. The molecule has 3 atom stereocenters. The molecule has 1 fully saturated rings. The van der Waals surface area contributed by atoms with Gasteiger partial charge in [-0.2, -0.15) is 0 Å². The molecule has 0 N–H and O–H groups in total. The fourth-order valence-electron chi connectivity index (χ4n) is 2.02. The van der Waals surface area contributed by atoms with E-state index >= 15 is 0 Å². The van der Waals surface area contributed by atoms with Gasteiger partial charge in [-0.3, -0.25) is 0 Å². The predicted molar refractivity (Wildman–Crippen MR) is 34.9 cm³/mol. The number of hydrogen-bond donors (Lipinski definition) is 0. The average molecular weight is 122 g/mol. The molecule has 0 spiro atoms. The molecule has 0 heterocycles. The van der Waals surface area contributed by atoms with E-state index in [1.807, 2.05) is 0 Å². The lowest BCUT2D eigenvalue weighted by Crippen LogP contribution is -2.07. The maximum absolute atomic E-state index is 10.4. The number of carbonyl (C=O) groups excluding carboxylic acids is 1. The maximum Gasteiger partial charge on any atom is 0.124 e. The Bertz CT molecular complexity index is 146. The highest BCUT2D eigenvalue weighted by molar-refractivity contribution is 5.58. The van der Waals surface area contributed by atoms with Crippen LogP contribution in [0.4, 0.5) is 0 Å². The minimum absolute atomic E-state index is 0.352. The van der Waals surface area contributed by atoms with Crippen LogP contribution in [0.15, 0.2) is 12.2 Å². The van der Waals surface area contributed by atoms with Gasteiger partial charge >= 0.3 is 0 Å². The molecule has 9 heavy (non-hydrogen) atoms. The van der Waals surface area contributed by atoms with Gasteiger partial charge in [-0.25, -0.2) is 0 Å². The zero-order chi connectivity index (χ0) is 6.27. The van der Waals surface area contributed by atoms with Crippen molar-refractivity contribution in [1.82, 2.24) is 0 Å². The number of aldehydes is 1. The van der Waals surface area contributed by atoms with Gasteiger partial charge in [-0.1, -0.05) is 12.2 Å². The summed E-state index contributed by atoms with van der Waals surface area (Å²) < 4.78 is 0. The second kappa shape index (κ2) is 1.69. The summed E-state index contributed by atoms with van der Waals surface area (Å²) in [5, 5.41) is 0. The maximum atomic E-state index is 10.4. The summed E-state index contributed by atoms with van der Waals surface area (Å²) in [6.45, 7) is 0. The quantitative estimate of drug-likeness (QED) is 0.379. The first-order valence-electron chi connectivity index (χ1n) is 3.55. The average Bonchev–Trinajstić information content (AvgIpc) is 2.44. The molecule has 1 nitrogen and oxygen atoms in total. The molecule has 0 saturated heterocycles. The highest BCUT2D eigenvalue weighted by Crippen LogP contribution is 2.42. The second-order valence-corrected chi connectivity index (χ2v) is 3.00. The van der Waals surface area contributed by atoms with E-state index in [1.54, 1.807) is 0 Å². The van der Waals surface area contributed by atoms with Crippen LogP contribution in [0.5, 0.6) is 0 Å². The number of carbonyl (C=O) groups is 1. The van der Waals surface area contributed by atoms with Crippen molar-refractivity contribution in [1.29, 1.82) is 0 Å². The predicted octanol–water partition coefficient (Wildman–Crippen LogP) is 1.40. The SMILES string of the molecule is O=CC1[C@@H]2C=C[C@H]1CC2.